The first-order chi connectivity index (χ1) is 11.5. The van der Waals surface area contributed by atoms with Crippen LogP contribution in [0.5, 0.6) is 11.5 Å². The van der Waals surface area contributed by atoms with Gasteiger partial charge in [-0.2, -0.15) is 0 Å². The van der Waals surface area contributed by atoms with E-state index in [9.17, 15) is 15.0 Å². The van der Waals surface area contributed by atoms with Crippen LogP contribution in [0.3, 0.4) is 0 Å². The number of phenolic OH excluding ortho intramolecular Hbond substituents is 1. The Bertz CT molecular complexity index is 775. The molecular formula is C19H21NO4. The molecular weight excluding hydrogens is 306 g/mol. The Hall–Kier alpha value is -1.85. The van der Waals surface area contributed by atoms with Crippen LogP contribution in [0.2, 0.25) is 0 Å². The number of Topliss-reactive ketones (excluding diaryl/α,β-unsaturated/α-hetero) is 1. The van der Waals surface area contributed by atoms with Crippen LogP contribution in [0, 0.1) is 0 Å². The lowest BCUT2D eigenvalue weighted by Gasteiger charge is -2.62. The van der Waals surface area contributed by atoms with E-state index < -0.39 is 17.1 Å². The minimum Gasteiger partial charge on any atom is -0.504 e. The van der Waals surface area contributed by atoms with Crippen molar-refractivity contribution < 1.29 is 19.7 Å². The van der Waals surface area contributed by atoms with E-state index >= 15 is 0 Å². The summed E-state index contributed by atoms with van der Waals surface area (Å²) in [6, 6.07) is 3.52. The second kappa shape index (κ2) is 4.41. The van der Waals surface area contributed by atoms with Gasteiger partial charge in [-0.3, -0.25) is 9.69 Å². The highest BCUT2D eigenvalue weighted by Gasteiger charge is 2.72. The molecule has 126 valence electrons. The highest BCUT2D eigenvalue weighted by molar-refractivity contribution is 5.90. The first-order valence-corrected chi connectivity index (χ1v) is 8.65. The number of nitrogens with zero attached hydrogens (tertiary/aromatic N) is 1. The van der Waals surface area contributed by atoms with Gasteiger partial charge in [0.15, 0.2) is 23.4 Å². The normalized spacial score (nSPS) is 39.3. The van der Waals surface area contributed by atoms with Gasteiger partial charge >= 0.3 is 0 Å². The summed E-state index contributed by atoms with van der Waals surface area (Å²) in [4.78, 5) is 14.9. The summed E-state index contributed by atoms with van der Waals surface area (Å²) in [6.07, 6.45) is 3.35. The second-order valence-electron chi connectivity index (χ2n) is 7.56. The molecule has 24 heavy (non-hydrogen) atoms. The number of hydrogen-bond donors (Lipinski definition) is 2. The highest BCUT2D eigenvalue weighted by Crippen LogP contribution is 2.64. The Labute approximate surface area is 140 Å². The van der Waals surface area contributed by atoms with Crippen LogP contribution in [-0.4, -0.2) is 51.7 Å². The molecule has 2 aliphatic heterocycles. The van der Waals surface area contributed by atoms with Gasteiger partial charge in [-0.1, -0.05) is 12.1 Å². The molecule has 2 fully saturated rings. The van der Waals surface area contributed by atoms with Crippen molar-refractivity contribution in [2.75, 3.05) is 13.1 Å². The zero-order valence-electron chi connectivity index (χ0n) is 13.5. The van der Waals surface area contributed by atoms with Gasteiger partial charge in [0, 0.05) is 31.1 Å². The second-order valence-corrected chi connectivity index (χ2v) is 7.56. The molecule has 2 aliphatic carbocycles. The molecule has 0 amide bonds. The molecule has 1 saturated carbocycles. The molecule has 2 unspecified atom stereocenters. The zero-order valence-corrected chi connectivity index (χ0v) is 13.5. The third-order valence-corrected chi connectivity index (χ3v) is 6.73. The van der Waals surface area contributed by atoms with E-state index in [4.69, 9.17) is 4.74 Å². The lowest BCUT2D eigenvalue weighted by molar-refractivity contribution is -0.187. The molecule has 2 N–H and O–H groups in total. The van der Waals surface area contributed by atoms with Crippen LogP contribution in [-0.2, 0) is 16.6 Å². The van der Waals surface area contributed by atoms with Gasteiger partial charge in [0.05, 0.1) is 11.0 Å². The Morgan fingerprint density at radius 3 is 3.04 bits per heavy atom. The summed E-state index contributed by atoms with van der Waals surface area (Å²) < 4.78 is 5.98. The van der Waals surface area contributed by atoms with Crippen molar-refractivity contribution in [3.05, 3.63) is 35.9 Å². The number of aliphatic hydroxyl groups is 1. The molecule has 2 bridgehead atoms. The topological polar surface area (TPSA) is 70.0 Å². The molecule has 0 aromatic heterocycles. The number of rotatable bonds is 2. The molecule has 1 aromatic carbocycles. The predicted molar refractivity (Wildman–Crippen MR) is 87.3 cm³/mol. The Morgan fingerprint density at radius 2 is 2.25 bits per heavy atom. The molecule has 5 heteroatoms. The van der Waals surface area contributed by atoms with Crippen molar-refractivity contribution in [2.45, 2.75) is 48.8 Å². The first kappa shape index (κ1) is 14.5. The minimum atomic E-state index is -1.00. The summed E-state index contributed by atoms with van der Waals surface area (Å²) in [5.41, 5.74) is 0.256. The van der Waals surface area contributed by atoms with Crippen molar-refractivity contribution >= 4 is 5.78 Å². The van der Waals surface area contributed by atoms with Crippen molar-refractivity contribution in [3.8, 4) is 11.5 Å². The lowest BCUT2D eigenvalue weighted by Crippen LogP contribution is -2.76. The quantitative estimate of drug-likeness (QED) is 0.802. The monoisotopic (exact) mass is 327 g/mol. The average molecular weight is 327 g/mol. The van der Waals surface area contributed by atoms with Crippen LogP contribution >= 0.6 is 0 Å². The maximum atomic E-state index is 12.6. The first-order valence-electron chi connectivity index (χ1n) is 8.65. The van der Waals surface area contributed by atoms with Gasteiger partial charge in [-0.05, 0) is 30.9 Å². The number of carbonyl (C=O) groups is 1. The summed E-state index contributed by atoms with van der Waals surface area (Å²) in [5.74, 6) is 0.528. The molecule has 0 radical (unpaired) electrons. The van der Waals surface area contributed by atoms with Crippen LogP contribution in [0.4, 0.5) is 0 Å². The number of ketones is 1. The smallest absolute Gasteiger partial charge is 0.174 e. The summed E-state index contributed by atoms with van der Waals surface area (Å²) in [7, 11) is 0. The van der Waals surface area contributed by atoms with Crippen molar-refractivity contribution in [3.63, 3.8) is 0 Å². The number of phenols is 1. The largest absolute Gasteiger partial charge is 0.504 e. The van der Waals surface area contributed by atoms with Gasteiger partial charge < -0.3 is 14.9 Å². The fourth-order valence-corrected chi connectivity index (χ4v) is 5.80. The number of hydrogen-bond acceptors (Lipinski definition) is 5. The number of ether oxygens (including phenoxy) is 1. The molecule has 5 nitrogen and oxygen atoms in total. The summed E-state index contributed by atoms with van der Waals surface area (Å²) in [5, 5.41) is 22.1. The number of piperidine rings is 1. The average Bonchev–Trinajstić information content (AvgIpc) is 2.91. The molecule has 4 atom stereocenters. The molecule has 2 heterocycles. The number of benzene rings is 1. The van der Waals surface area contributed by atoms with Crippen LogP contribution in [0.25, 0.3) is 0 Å². The van der Waals surface area contributed by atoms with Crippen LogP contribution in [0.1, 0.15) is 30.4 Å². The van der Waals surface area contributed by atoms with Crippen LogP contribution < -0.4 is 4.74 Å². The Balaban J connectivity index is 1.80. The van der Waals surface area contributed by atoms with E-state index in [0.29, 0.717) is 31.4 Å². The van der Waals surface area contributed by atoms with Crippen LogP contribution in [0.15, 0.2) is 24.8 Å². The zero-order chi connectivity index (χ0) is 16.7. The maximum Gasteiger partial charge on any atom is 0.174 e. The van der Waals surface area contributed by atoms with E-state index in [0.717, 1.165) is 24.2 Å². The van der Waals surface area contributed by atoms with E-state index in [1.54, 1.807) is 6.07 Å². The fraction of sp³-hybridized carbons (Fsp3) is 0.526. The Morgan fingerprint density at radius 1 is 1.42 bits per heavy atom. The molecule has 5 rings (SSSR count). The molecule has 1 saturated heterocycles. The van der Waals surface area contributed by atoms with E-state index in [1.807, 2.05) is 12.1 Å². The van der Waals surface area contributed by atoms with E-state index in [2.05, 4.69) is 11.5 Å². The number of likely N-dealkylation sites (tertiary alicyclic amines) is 1. The number of aromatic hydroxyl groups is 1. The van der Waals surface area contributed by atoms with Crippen molar-refractivity contribution in [2.24, 2.45) is 0 Å². The third kappa shape index (κ3) is 1.38. The molecule has 1 aromatic rings. The predicted octanol–water partition coefficient (Wildman–Crippen LogP) is 1.30. The lowest BCUT2D eigenvalue weighted by atomic mass is 9.49. The fourth-order valence-electron chi connectivity index (χ4n) is 5.80. The van der Waals surface area contributed by atoms with Gasteiger partial charge in [0.2, 0.25) is 0 Å². The SMILES string of the molecule is C=CCN1CCC23c4c5ccc(O)c4O[C@@H]2C(=O)CC[C@]3(O)C1C5. The van der Waals surface area contributed by atoms with Gasteiger partial charge in [-0.25, -0.2) is 0 Å². The summed E-state index contributed by atoms with van der Waals surface area (Å²) in [6.45, 7) is 5.36. The minimum absolute atomic E-state index is 0.0408. The molecule has 4 aliphatic rings. The maximum absolute atomic E-state index is 12.6. The van der Waals surface area contributed by atoms with Crippen molar-refractivity contribution in [1.82, 2.24) is 4.90 Å². The standard InChI is InChI=1S/C19H21NO4/c1-2-8-20-9-7-18-15-11-3-4-12(21)16(15)24-17(18)13(22)5-6-19(18,23)14(20)10-11/h2-4,14,17,21,23H,1,5-10H2/t14?,17-,18?,19+/m1/s1. The highest BCUT2D eigenvalue weighted by atomic mass is 16.5. The Kier molecular flexibility index (Phi) is 2.66. The van der Waals surface area contributed by atoms with E-state index in [-0.39, 0.29) is 17.6 Å². The van der Waals surface area contributed by atoms with Crippen molar-refractivity contribution in [1.29, 1.82) is 0 Å². The van der Waals surface area contributed by atoms with Gasteiger partial charge in [-0.15, -0.1) is 6.58 Å². The molecule has 1 spiro atoms. The summed E-state index contributed by atoms with van der Waals surface area (Å²) >= 11 is 0. The van der Waals surface area contributed by atoms with Gasteiger partial charge in [0.25, 0.3) is 0 Å². The number of carbonyl (C=O) groups excluding carboxylic acids is 1. The van der Waals surface area contributed by atoms with Gasteiger partial charge in [0.1, 0.15) is 0 Å². The third-order valence-electron chi connectivity index (χ3n) is 6.73. The van der Waals surface area contributed by atoms with E-state index in [1.165, 1.54) is 0 Å².